The molecule has 2 unspecified atom stereocenters. The Morgan fingerprint density at radius 2 is 2.50 bits per heavy atom. The standard InChI is InChI=1S/C6H10BrNO2/c1-10-6(9)4-2-5(7)8-3-4/h4-5,8H,2-3H2,1H3. The highest BCUT2D eigenvalue weighted by atomic mass is 79.9. The van der Waals surface area contributed by atoms with Gasteiger partial charge in [-0.2, -0.15) is 0 Å². The van der Waals surface area contributed by atoms with Crippen molar-refractivity contribution in [3.8, 4) is 0 Å². The van der Waals surface area contributed by atoms with Crippen molar-refractivity contribution in [1.82, 2.24) is 5.32 Å². The molecule has 1 rings (SSSR count). The van der Waals surface area contributed by atoms with E-state index in [-0.39, 0.29) is 16.8 Å². The van der Waals surface area contributed by atoms with Gasteiger partial charge in [-0.3, -0.25) is 4.79 Å². The Balaban J connectivity index is 2.37. The predicted octanol–water partition coefficient (Wildman–Crippen LogP) is 0.490. The van der Waals surface area contributed by atoms with E-state index in [4.69, 9.17) is 0 Å². The van der Waals surface area contributed by atoms with Gasteiger partial charge in [0.25, 0.3) is 0 Å². The average Bonchev–Trinajstić information content (AvgIpc) is 2.34. The Morgan fingerprint density at radius 1 is 1.80 bits per heavy atom. The van der Waals surface area contributed by atoms with Gasteiger partial charge in [-0.25, -0.2) is 0 Å². The molecule has 0 bridgehead atoms. The van der Waals surface area contributed by atoms with E-state index in [9.17, 15) is 4.79 Å². The maximum Gasteiger partial charge on any atom is 0.310 e. The highest BCUT2D eigenvalue weighted by Crippen LogP contribution is 2.18. The molecule has 0 aromatic carbocycles. The number of carbonyl (C=O) groups is 1. The molecule has 3 nitrogen and oxygen atoms in total. The third-order valence-corrected chi connectivity index (χ3v) is 2.31. The SMILES string of the molecule is COC(=O)C1CNC(Br)C1. The molecule has 1 N–H and O–H groups in total. The van der Waals surface area contributed by atoms with Crippen LogP contribution >= 0.6 is 15.9 Å². The van der Waals surface area contributed by atoms with Crippen molar-refractivity contribution >= 4 is 21.9 Å². The van der Waals surface area contributed by atoms with Crippen LogP contribution in [0, 0.1) is 5.92 Å². The van der Waals surface area contributed by atoms with Crippen LogP contribution in [0.1, 0.15) is 6.42 Å². The summed E-state index contributed by atoms with van der Waals surface area (Å²) in [5.74, 6) is -0.0798. The normalized spacial score (nSPS) is 32.2. The van der Waals surface area contributed by atoms with Crippen molar-refractivity contribution in [1.29, 1.82) is 0 Å². The van der Waals surface area contributed by atoms with E-state index in [1.165, 1.54) is 7.11 Å². The topological polar surface area (TPSA) is 38.3 Å². The van der Waals surface area contributed by atoms with Crippen LogP contribution in [0.2, 0.25) is 0 Å². The van der Waals surface area contributed by atoms with Crippen LogP contribution in [-0.4, -0.2) is 24.6 Å². The molecule has 58 valence electrons. The summed E-state index contributed by atoms with van der Waals surface area (Å²) in [6, 6.07) is 0. The van der Waals surface area contributed by atoms with Crippen LogP contribution in [-0.2, 0) is 9.53 Å². The second-order valence-corrected chi connectivity index (χ2v) is 3.44. The molecular weight excluding hydrogens is 198 g/mol. The van der Waals surface area contributed by atoms with Crippen molar-refractivity contribution in [3.05, 3.63) is 0 Å². The molecule has 2 atom stereocenters. The Bertz CT molecular complexity index is 140. The first kappa shape index (κ1) is 8.01. The number of esters is 1. The van der Waals surface area contributed by atoms with Gasteiger partial charge in [0.15, 0.2) is 0 Å². The quantitative estimate of drug-likeness (QED) is 0.387. The zero-order valence-corrected chi connectivity index (χ0v) is 7.35. The molecule has 1 saturated heterocycles. The van der Waals surface area contributed by atoms with Crippen molar-refractivity contribution in [2.75, 3.05) is 13.7 Å². The number of nitrogens with one attached hydrogen (secondary N) is 1. The van der Waals surface area contributed by atoms with Gasteiger partial charge >= 0.3 is 5.97 Å². The summed E-state index contributed by atoms with van der Waals surface area (Å²) < 4.78 is 4.58. The summed E-state index contributed by atoms with van der Waals surface area (Å²) in [4.78, 5) is 11.2. The number of halogens is 1. The molecule has 1 fully saturated rings. The zero-order valence-electron chi connectivity index (χ0n) is 5.76. The first-order valence-electron chi connectivity index (χ1n) is 3.19. The fourth-order valence-corrected chi connectivity index (χ4v) is 1.67. The molecule has 0 radical (unpaired) electrons. The summed E-state index contributed by atoms with van der Waals surface area (Å²) in [6.07, 6.45) is 0.826. The van der Waals surface area contributed by atoms with Crippen LogP contribution in [0.25, 0.3) is 0 Å². The minimum atomic E-state index is -0.116. The highest BCUT2D eigenvalue weighted by Gasteiger charge is 2.28. The minimum absolute atomic E-state index is 0.0365. The van der Waals surface area contributed by atoms with Gasteiger partial charge in [-0.05, 0) is 6.42 Å². The third-order valence-electron chi connectivity index (χ3n) is 1.61. The van der Waals surface area contributed by atoms with E-state index in [0.29, 0.717) is 0 Å². The predicted molar refractivity (Wildman–Crippen MR) is 40.8 cm³/mol. The molecule has 0 aromatic rings. The lowest BCUT2D eigenvalue weighted by Gasteiger charge is -2.03. The summed E-state index contributed by atoms with van der Waals surface area (Å²) in [7, 11) is 1.42. The minimum Gasteiger partial charge on any atom is -0.469 e. The third kappa shape index (κ3) is 1.70. The second-order valence-electron chi connectivity index (χ2n) is 2.33. The Kier molecular flexibility index (Phi) is 2.68. The van der Waals surface area contributed by atoms with Gasteiger partial charge in [0.2, 0.25) is 0 Å². The number of hydrogen-bond donors (Lipinski definition) is 1. The second kappa shape index (κ2) is 3.34. The molecule has 1 heterocycles. The molecule has 1 aliphatic heterocycles. The summed E-state index contributed by atoms with van der Waals surface area (Å²) in [5.41, 5.74) is 0. The Morgan fingerprint density at radius 3 is 2.90 bits per heavy atom. The van der Waals surface area contributed by atoms with E-state index in [1.54, 1.807) is 0 Å². The lowest BCUT2D eigenvalue weighted by molar-refractivity contribution is -0.144. The van der Waals surface area contributed by atoms with Crippen molar-refractivity contribution < 1.29 is 9.53 Å². The van der Waals surface area contributed by atoms with E-state index in [0.717, 1.165) is 13.0 Å². The lowest BCUT2D eigenvalue weighted by atomic mass is 10.1. The van der Waals surface area contributed by atoms with Crippen LogP contribution in [0.4, 0.5) is 0 Å². The van der Waals surface area contributed by atoms with Gasteiger partial charge in [0.1, 0.15) is 0 Å². The van der Waals surface area contributed by atoms with E-state index in [1.807, 2.05) is 0 Å². The fourth-order valence-electron chi connectivity index (χ4n) is 1.03. The molecule has 0 saturated carbocycles. The summed E-state index contributed by atoms with van der Waals surface area (Å²) >= 11 is 3.36. The van der Waals surface area contributed by atoms with Crippen molar-refractivity contribution in [2.45, 2.75) is 11.4 Å². The maximum atomic E-state index is 10.9. The highest BCUT2D eigenvalue weighted by molar-refractivity contribution is 9.09. The fraction of sp³-hybridized carbons (Fsp3) is 0.833. The molecule has 0 amide bonds. The van der Waals surface area contributed by atoms with Crippen LogP contribution in [0.15, 0.2) is 0 Å². The van der Waals surface area contributed by atoms with Crippen LogP contribution < -0.4 is 5.32 Å². The first-order chi connectivity index (χ1) is 4.74. The van der Waals surface area contributed by atoms with Crippen molar-refractivity contribution in [3.63, 3.8) is 0 Å². The molecule has 0 aromatic heterocycles. The number of alkyl halides is 1. The average molecular weight is 208 g/mol. The van der Waals surface area contributed by atoms with E-state index < -0.39 is 0 Å². The van der Waals surface area contributed by atoms with Gasteiger partial charge in [0, 0.05) is 6.54 Å². The molecule has 1 aliphatic rings. The first-order valence-corrected chi connectivity index (χ1v) is 4.11. The van der Waals surface area contributed by atoms with E-state index in [2.05, 4.69) is 26.0 Å². The number of ether oxygens (including phenoxy) is 1. The van der Waals surface area contributed by atoms with Gasteiger partial charge in [-0.1, -0.05) is 15.9 Å². The van der Waals surface area contributed by atoms with E-state index >= 15 is 0 Å². The summed E-state index contributed by atoms with van der Waals surface area (Å²) in [6.45, 7) is 0.725. The van der Waals surface area contributed by atoms with Gasteiger partial charge < -0.3 is 10.1 Å². The smallest absolute Gasteiger partial charge is 0.310 e. The molecule has 0 spiro atoms. The Labute approximate surface area is 68.3 Å². The van der Waals surface area contributed by atoms with Crippen LogP contribution in [0.5, 0.6) is 0 Å². The van der Waals surface area contributed by atoms with Gasteiger partial charge in [-0.15, -0.1) is 0 Å². The largest absolute Gasteiger partial charge is 0.469 e. The lowest BCUT2D eigenvalue weighted by Crippen LogP contribution is -2.19. The zero-order chi connectivity index (χ0) is 7.56. The maximum absolute atomic E-state index is 10.9. The number of rotatable bonds is 1. The van der Waals surface area contributed by atoms with Gasteiger partial charge in [0.05, 0.1) is 18.0 Å². The van der Waals surface area contributed by atoms with Crippen molar-refractivity contribution in [2.24, 2.45) is 5.92 Å². The Hall–Kier alpha value is -0.0900. The number of carbonyl (C=O) groups excluding carboxylic acids is 1. The monoisotopic (exact) mass is 207 g/mol. The molecule has 0 aliphatic carbocycles. The molecular formula is C6H10BrNO2. The summed E-state index contributed by atoms with van der Waals surface area (Å²) in [5, 5.41) is 3.10. The number of hydrogen-bond acceptors (Lipinski definition) is 3. The molecule has 4 heteroatoms. The molecule has 10 heavy (non-hydrogen) atoms. The number of methoxy groups -OCH3 is 1. The van der Waals surface area contributed by atoms with Crippen LogP contribution in [0.3, 0.4) is 0 Å².